The van der Waals surface area contributed by atoms with Crippen LogP contribution < -0.4 is 5.32 Å². The van der Waals surface area contributed by atoms with Crippen LogP contribution >= 0.6 is 0 Å². The van der Waals surface area contributed by atoms with Crippen LogP contribution in [0.5, 0.6) is 0 Å². The van der Waals surface area contributed by atoms with Gasteiger partial charge in [0.05, 0.1) is 48.7 Å². The molecule has 0 radical (unpaired) electrons. The number of benzene rings is 1. The van der Waals surface area contributed by atoms with Crippen molar-refractivity contribution in [2.45, 2.75) is 184 Å². The van der Waals surface area contributed by atoms with Gasteiger partial charge in [-0.2, -0.15) is 0 Å². The van der Waals surface area contributed by atoms with Gasteiger partial charge >= 0.3 is 11.9 Å². The Morgan fingerprint density at radius 2 is 1.68 bits per heavy atom. The summed E-state index contributed by atoms with van der Waals surface area (Å²) in [5.74, 6) is -1.15. The van der Waals surface area contributed by atoms with E-state index in [1.807, 2.05) is 12.1 Å². The second-order valence-corrected chi connectivity index (χ2v) is 27.7. The number of aliphatic hydroxyl groups excluding tert-OH is 4. The summed E-state index contributed by atoms with van der Waals surface area (Å²) in [6, 6.07) is 12.9. The number of carbonyl (C=O) groups excluding carboxylic acids is 3. The molecule has 3 spiro atoms. The topological polar surface area (TPSA) is 201 Å². The van der Waals surface area contributed by atoms with E-state index < -0.39 is 81.2 Å². The number of aliphatic hydroxyl groups is 4. The molecule has 2 aromatic rings. The van der Waals surface area contributed by atoms with Crippen LogP contribution in [0.15, 0.2) is 59.4 Å². The summed E-state index contributed by atoms with van der Waals surface area (Å²) >= 11 is 0. The molecule has 77 heavy (non-hydrogen) atoms. The van der Waals surface area contributed by atoms with Gasteiger partial charge in [-0.3, -0.25) is 14.9 Å². The molecule has 14 rings (SSSR count). The lowest BCUT2D eigenvalue weighted by Gasteiger charge is -2.71. The minimum atomic E-state index is -1.52. The quantitative estimate of drug-likeness (QED) is 0.110. The average Bonchev–Trinajstić information content (AvgIpc) is 3.77. The molecule has 0 amide bonds. The zero-order chi connectivity index (χ0) is 52.9. The fourth-order valence-corrected chi connectivity index (χ4v) is 21.5. The van der Waals surface area contributed by atoms with Crippen LogP contribution in [0.1, 0.15) is 146 Å². The summed E-state index contributed by atoms with van der Waals surface area (Å²) in [6.07, 6.45) is 15.9. The van der Waals surface area contributed by atoms with Gasteiger partial charge in [0.2, 0.25) is 0 Å². The Morgan fingerprint density at radius 1 is 0.857 bits per heavy atom. The van der Waals surface area contributed by atoms with Crippen molar-refractivity contribution < 1.29 is 58.2 Å². The molecule has 14 heteroatoms. The average molecular weight is 1060 g/mol. The number of ketones is 1. The van der Waals surface area contributed by atoms with E-state index in [9.17, 15) is 25.2 Å². The van der Waals surface area contributed by atoms with Crippen LogP contribution in [0, 0.1) is 80.8 Å². The van der Waals surface area contributed by atoms with Crippen molar-refractivity contribution in [2.75, 3.05) is 33.0 Å². The number of cyclic esters (lactones) is 2. The highest BCUT2D eigenvalue weighted by Crippen LogP contribution is 2.84. The maximum absolute atomic E-state index is 16.7. The minimum Gasteiger partial charge on any atom is -0.469 e. The molecule has 6 aliphatic heterocycles. The van der Waals surface area contributed by atoms with Gasteiger partial charge in [-0.1, -0.05) is 75.4 Å². The largest absolute Gasteiger partial charge is 0.469 e. The number of nitrogens with one attached hydrogen (secondary N) is 1. The first-order valence-electron chi connectivity index (χ1n) is 30.4. The first kappa shape index (κ1) is 51.5. The molecule has 1 aromatic heterocycles. The van der Waals surface area contributed by atoms with Crippen molar-refractivity contribution in [3.05, 3.63) is 71.8 Å². The normalized spacial score (nSPS) is 47.6. The molecule has 5 N–H and O–H groups in total. The molecule has 418 valence electrons. The van der Waals surface area contributed by atoms with Gasteiger partial charge in [-0.15, -0.1) is 0 Å². The highest BCUT2D eigenvalue weighted by Gasteiger charge is 2.94. The molecule has 21 atom stereocenters. The first-order chi connectivity index (χ1) is 37.3. The molecule has 6 saturated carbocycles. The molecule has 1 aromatic carbocycles. The Labute approximate surface area is 453 Å². The maximum Gasteiger partial charge on any atom is 0.339 e. The van der Waals surface area contributed by atoms with Crippen molar-refractivity contribution in [3.8, 4) is 0 Å². The fourth-order valence-electron chi connectivity index (χ4n) is 21.5. The molecular weight excluding hydrogens is 977 g/mol. The van der Waals surface area contributed by atoms with E-state index in [0.29, 0.717) is 67.7 Å². The molecule has 0 unspecified atom stereocenters. The third kappa shape index (κ3) is 7.06. The highest BCUT2D eigenvalue weighted by molar-refractivity contribution is 5.93. The van der Waals surface area contributed by atoms with Crippen LogP contribution in [0.25, 0.3) is 0 Å². The van der Waals surface area contributed by atoms with E-state index >= 15 is 9.59 Å². The predicted octanol–water partition coefficient (Wildman–Crippen LogP) is 7.39. The highest BCUT2D eigenvalue weighted by atomic mass is 16.7. The summed E-state index contributed by atoms with van der Waals surface area (Å²) in [5.41, 5.74) is -4.85. The lowest BCUT2D eigenvalue weighted by Crippen LogP contribution is -2.80. The van der Waals surface area contributed by atoms with Gasteiger partial charge in [0.25, 0.3) is 0 Å². The van der Waals surface area contributed by atoms with Crippen LogP contribution in [0.4, 0.5) is 0 Å². The van der Waals surface area contributed by atoms with Gasteiger partial charge in [-0.05, 0) is 161 Å². The van der Waals surface area contributed by atoms with E-state index in [2.05, 4.69) is 60.6 Å². The Balaban J connectivity index is 0.896. The third-order valence-electron chi connectivity index (χ3n) is 24.7. The Kier molecular flexibility index (Phi) is 12.5. The number of furan rings is 1. The SMILES string of the molecule is C[C@@]12CC[C@@H]3[C@@]45COC(=O)[C@]6(CC[C@H](CO)C6)[C@@H]4O[C@](C)(C4CCCCC4)[C@H]5C(=O)[C@@H](O)[C@@]3([C@H]3CCC[C@@H](Cc4ccccc4)C3)[C@]13O[C@@H]3C(=O)O[C@H]2c1ccoc1C[C@@H]([C@H]1CC[C@@H]2[C@H](C=CN3CNC[C@@H]23)C1)[C@H](O)CO. The van der Waals surface area contributed by atoms with Gasteiger partial charge < -0.3 is 48.7 Å². The molecule has 7 heterocycles. The number of allylic oxidation sites excluding steroid dienone is 1. The van der Waals surface area contributed by atoms with Crippen LogP contribution in [0.2, 0.25) is 0 Å². The second-order valence-electron chi connectivity index (χ2n) is 27.7. The van der Waals surface area contributed by atoms with Crippen molar-refractivity contribution in [2.24, 2.45) is 80.8 Å². The molecule has 5 saturated heterocycles. The second kappa shape index (κ2) is 18.7. The number of hydrogen-bond acceptors (Lipinski definition) is 14. The van der Waals surface area contributed by atoms with Gasteiger partial charge in [0.15, 0.2) is 11.9 Å². The van der Waals surface area contributed by atoms with Gasteiger partial charge in [0, 0.05) is 47.4 Å². The molecule has 6 aliphatic carbocycles. The fraction of sp³-hybridized carbons (Fsp3) is 0.762. The van der Waals surface area contributed by atoms with E-state index in [-0.39, 0.29) is 67.1 Å². The number of rotatable bonds is 11. The standard InChI is InChI=1S/C63H84N2O12/c1-58-22-19-49-61-34-74-57(72)60(23-18-38(30-60)32-66)56(61)77-59(2,41-13-7-4-8-14-41)51(61)50(69)52(70)62(49,42-15-9-12-37(27-42)26-36-10-5-3-6-11-36)63(58)54(76-63)55(71)75-53(58)44-21-25-73-48(44)29-45(47(68)33-67)39-16-17-43-40(28-39)20-24-65-35-64-31-46(43)65/h3,5-6,10-11,20-21,24-25,37-43,45-47,49,51-54,56,64,66-68,70H,4,7-9,12-19,22-23,26-35H2,1-2H3/t37-,38-,39-,40+,42-,43+,45-,46-,47+,49+,51+,52+,53-,54+,56-,58-,59+,60-,61+,62-,63+/m0/s1. The zero-order valence-electron chi connectivity index (χ0n) is 45.4. The van der Waals surface area contributed by atoms with Crippen molar-refractivity contribution in [1.29, 1.82) is 0 Å². The predicted molar refractivity (Wildman–Crippen MR) is 281 cm³/mol. The molecular formula is C63H84N2O12. The zero-order valence-corrected chi connectivity index (χ0v) is 45.4. The number of fused-ring (bicyclic) bond motifs is 5. The Morgan fingerprint density at radius 3 is 2.47 bits per heavy atom. The maximum atomic E-state index is 16.7. The lowest BCUT2D eigenvalue weighted by molar-refractivity contribution is -0.285. The molecule has 12 aliphatic rings. The number of ether oxygens (including phenoxy) is 4. The summed E-state index contributed by atoms with van der Waals surface area (Å²) in [4.78, 5) is 49.3. The van der Waals surface area contributed by atoms with E-state index in [0.717, 1.165) is 96.7 Å². The first-order valence-corrected chi connectivity index (χ1v) is 30.4. The number of Topliss-reactive ketones (excluding diaryl/α,β-unsaturated/α-hetero) is 1. The molecule has 14 nitrogen and oxygen atoms in total. The van der Waals surface area contributed by atoms with Gasteiger partial charge in [0.1, 0.15) is 30.2 Å². The number of epoxide rings is 1. The number of hydrogen-bond donors (Lipinski definition) is 5. The summed E-state index contributed by atoms with van der Waals surface area (Å²) in [6.45, 7) is 5.67. The molecule has 0 bridgehead atoms. The molecule has 11 fully saturated rings. The lowest BCUT2D eigenvalue weighted by atomic mass is 9.31. The van der Waals surface area contributed by atoms with Crippen molar-refractivity contribution >= 4 is 17.7 Å². The smallest absolute Gasteiger partial charge is 0.339 e. The Hall–Kier alpha value is -3.63. The number of carbonyl (C=O) groups is 3. The minimum absolute atomic E-state index is 0.0137. The number of nitrogens with zero attached hydrogens (tertiary/aromatic N) is 1. The summed E-state index contributed by atoms with van der Waals surface area (Å²) in [5, 5.41) is 50.9. The summed E-state index contributed by atoms with van der Waals surface area (Å²) < 4.78 is 35.1. The van der Waals surface area contributed by atoms with E-state index in [4.69, 9.17) is 23.4 Å². The summed E-state index contributed by atoms with van der Waals surface area (Å²) in [7, 11) is 0. The van der Waals surface area contributed by atoms with E-state index in [1.54, 1.807) is 6.26 Å². The van der Waals surface area contributed by atoms with Gasteiger partial charge in [-0.25, -0.2) is 4.79 Å². The Bertz CT molecular complexity index is 2640. The third-order valence-corrected chi connectivity index (χ3v) is 24.7. The van der Waals surface area contributed by atoms with Crippen LogP contribution in [-0.4, -0.2) is 118 Å². The van der Waals surface area contributed by atoms with Crippen molar-refractivity contribution in [3.63, 3.8) is 0 Å². The van der Waals surface area contributed by atoms with E-state index in [1.165, 1.54) is 5.56 Å². The van der Waals surface area contributed by atoms with Crippen molar-refractivity contribution in [1.82, 2.24) is 10.2 Å². The van der Waals surface area contributed by atoms with Crippen LogP contribution in [0.3, 0.4) is 0 Å². The van der Waals surface area contributed by atoms with Crippen LogP contribution in [-0.2, 0) is 46.2 Å². The monoisotopic (exact) mass is 1060 g/mol. The number of esters is 2.